The topological polar surface area (TPSA) is 17.1 Å². The van der Waals surface area contributed by atoms with Crippen molar-refractivity contribution in [2.75, 3.05) is 0 Å². The fourth-order valence-electron chi connectivity index (χ4n) is 2.24. The van der Waals surface area contributed by atoms with E-state index in [9.17, 15) is 4.79 Å². The molecule has 2 rings (SSSR count). The van der Waals surface area contributed by atoms with E-state index in [0.717, 1.165) is 25.2 Å². The molecule has 0 aliphatic heterocycles. The zero-order valence-electron chi connectivity index (χ0n) is 7.02. The molecule has 0 heterocycles. The maximum absolute atomic E-state index is 11.3. The van der Waals surface area contributed by atoms with Crippen LogP contribution in [0.4, 0.5) is 0 Å². The summed E-state index contributed by atoms with van der Waals surface area (Å²) in [5, 5.41) is 0. The van der Waals surface area contributed by atoms with Gasteiger partial charge in [0.1, 0.15) is 0 Å². The van der Waals surface area contributed by atoms with Gasteiger partial charge in [-0.1, -0.05) is 18.9 Å². The van der Waals surface area contributed by atoms with Crippen molar-refractivity contribution in [1.82, 2.24) is 0 Å². The molecule has 2 aliphatic rings. The van der Waals surface area contributed by atoms with Gasteiger partial charge in [0.05, 0.1) is 0 Å². The molecule has 11 heavy (non-hydrogen) atoms. The summed E-state index contributed by atoms with van der Waals surface area (Å²) < 4.78 is 0. The van der Waals surface area contributed by atoms with Crippen LogP contribution in [0.15, 0.2) is 11.1 Å². The van der Waals surface area contributed by atoms with E-state index < -0.39 is 0 Å². The normalized spacial score (nSPS) is 29.9. The summed E-state index contributed by atoms with van der Waals surface area (Å²) in [7, 11) is 0. The monoisotopic (exact) mass is 150 g/mol. The smallest absolute Gasteiger partial charge is 0.159 e. The van der Waals surface area contributed by atoms with Crippen molar-refractivity contribution in [2.24, 2.45) is 5.92 Å². The van der Waals surface area contributed by atoms with Crippen molar-refractivity contribution in [2.45, 2.75) is 39.0 Å². The largest absolute Gasteiger partial charge is 0.295 e. The Kier molecular flexibility index (Phi) is 1.59. The van der Waals surface area contributed by atoms with Crippen molar-refractivity contribution in [3.8, 4) is 0 Å². The number of hydrogen-bond acceptors (Lipinski definition) is 1. The summed E-state index contributed by atoms with van der Waals surface area (Å²) in [4.78, 5) is 11.3. The first kappa shape index (κ1) is 7.08. The van der Waals surface area contributed by atoms with Crippen LogP contribution in [-0.2, 0) is 4.79 Å². The average molecular weight is 150 g/mol. The van der Waals surface area contributed by atoms with Crippen molar-refractivity contribution >= 4 is 5.78 Å². The van der Waals surface area contributed by atoms with Gasteiger partial charge in [-0.2, -0.15) is 0 Å². The second-order valence-electron chi connectivity index (χ2n) is 3.69. The number of Topliss-reactive ketones (excluding diaryl/α,β-unsaturated/α-hetero) is 1. The van der Waals surface area contributed by atoms with Crippen LogP contribution in [0.1, 0.15) is 39.0 Å². The summed E-state index contributed by atoms with van der Waals surface area (Å²) in [5.74, 6) is 1.24. The Balaban J connectivity index is 2.13. The highest BCUT2D eigenvalue weighted by Gasteiger charge is 2.31. The third-order valence-corrected chi connectivity index (χ3v) is 3.02. The third-order valence-electron chi connectivity index (χ3n) is 3.02. The van der Waals surface area contributed by atoms with E-state index in [0.29, 0.717) is 5.78 Å². The lowest BCUT2D eigenvalue weighted by molar-refractivity contribution is -0.115. The van der Waals surface area contributed by atoms with Crippen molar-refractivity contribution in [3.63, 3.8) is 0 Å². The van der Waals surface area contributed by atoms with Crippen molar-refractivity contribution < 1.29 is 4.79 Å². The third kappa shape index (κ3) is 1.03. The van der Waals surface area contributed by atoms with Crippen LogP contribution in [0.5, 0.6) is 0 Å². The zero-order valence-corrected chi connectivity index (χ0v) is 7.02. The van der Waals surface area contributed by atoms with Gasteiger partial charge in [-0.05, 0) is 30.8 Å². The summed E-state index contributed by atoms with van der Waals surface area (Å²) >= 11 is 0. The van der Waals surface area contributed by atoms with Gasteiger partial charge in [0, 0.05) is 6.42 Å². The molecule has 1 nitrogen and oxygen atoms in total. The Morgan fingerprint density at radius 1 is 1.36 bits per heavy atom. The molecule has 1 unspecified atom stereocenters. The van der Waals surface area contributed by atoms with Gasteiger partial charge in [-0.3, -0.25) is 4.79 Å². The van der Waals surface area contributed by atoms with Crippen LogP contribution in [0, 0.1) is 5.92 Å². The SMILES string of the molecule is CCC1CC2=C(C1)C(=O)CC2. The second kappa shape index (κ2) is 2.47. The van der Waals surface area contributed by atoms with E-state index in [-0.39, 0.29) is 0 Å². The van der Waals surface area contributed by atoms with E-state index in [1.165, 1.54) is 24.0 Å². The molecule has 0 spiro atoms. The summed E-state index contributed by atoms with van der Waals surface area (Å²) in [6.45, 7) is 2.22. The number of rotatable bonds is 1. The fraction of sp³-hybridized carbons (Fsp3) is 0.700. The molecule has 2 aliphatic carbocycles. The molecular formula is C10H14O. The Morgan fingerprint density at radius 3 is 2.82 bits per heavy atom. The van der Waals surface area contributed by atoms with E-state index in [1.807, 2.05) is 0 Å². The molecule has 0 amide bonds. The Bertz CT molecular complexity index is 225. The Morgan fingerprint density at radius 2 is 2.18 bits per heavy atom. The average Bonchev–Trinajstić information content (AvgIpc) is 2.53. The standard InChI is InChI=1S/C10H14O/c1-2-7-5-8-3-4-10(11)9(8)6-7/h7H,2-6H2,1H3. The minimum Gasteiger partial charge on any atom is -0.295 e. The minimum atomic E-state index is 0.441. The van der Waals surface area contributed by atoms with E-state index in [4.69, 9.17) is 0 Å². The number of hydrogen-bond donors (Lipinski definition) is 0. The second-order valence-corrected chi connectivity index (χ2v) is 3.69. The predicted octanol–water partition coefficient (Wildman–Crippen LogP) is 2.47. The number of carbonyl (C=O) groups is 1. The zero-order chi connectivity index (χ0) is 7.84. The van der Waals surface area contributed by atoms with Crippen LogP contribution in [0.3, 0.4) is 0 Å². The molecule has 1 heteroatoms. The molecule has 1 atom stereocenters. The molecule has 0 aromatic carbocycles. The fourth-order valence-corrected chi connectivity index (χ4v) is 2.24. The number of carbonyl (C=O) groups excluding carboxylic acids is 1. The highest BCUT2D eigenvalue weighted by atomic mass is 16.1. The van der Waals surface area contributed by atoms with Crippen LogP contribution < -0.4 is 0 Å². The van der Waals surface area contributed by atoms with E-state index in [1.54, 1.807) is 0 Å². The van der Waals surface area contributed by atoms with Crippen LogP contribution >= 0.6 is 0 Å². The molecule has 0 radical (unpaired) electrons. The minimum absolute atomic E-state index is 0.441. The van der Waals surface area contributed by atoms with Gasteiger partial charge in [-0.25, -0.2) is 0 Å². The lowest BCUT2D eigenvalue weighted by Gasteiger charge is -2.06. The quantitative estimate of drug-likeness (QED) is 0.561. The molecule has 0 N–H and O–H groups in total. The van der Waals surface area contributed by atoms with Gasteiger partial charge in [0.15, 0.2) is 5.78 Å². The first-order valence-electron chi connectivity index (χ1n) is 4.55. The Hall–Kier alpha value is -0.590. The lowest BCUT2D eigenvalue weighted by atomic mass is 9.98. The maximum atomic E-state index is 11.3. The summed E-state index contributed by atoms with van der Waals surface area (Å²) in [6.07, 6.45) is 5.42. The first-order valence-corrected chi connectivity index (χ1v) is 4.55. The molecule has 60 valence electrons. The van der Waals surface area contributed by atoms with Gasteiger partial charge >= 0.3 is 0 Å². The summed E-state index contributed by atoms with van der Waals surface area (Å²) in [5.41, 5.74) is 2.69. The predicted molar refractivity (Wildman–Crippen MR) is 44.3 cm³/mol. The first-order chi connectivity index (χ1) is 5.31. The van der Waals surface area contributed by atoms with Crippen LogP contribution in [0.25, 0.3) is 0 Å². The lowest BCUT2D eigenvalue weighted by Crippen LogP contribution is -1.99. The highest BCUT2D eigenvalue weighted by Crippen LogP contribution is 2.40. The van der Waals surface area contributed by atoms with Gasteiger partial charge in [-0.15, -0.1) is 0 Å². The van der Waals surface area contributed by atoms with Gasteiger partial charge in [0.2, 0.25) is 0 Å². The van der Waals surface area contributed by atoms with Crippen molar-refractivity contribution in [1.29, 1.82) is 0 Å². The van der Waals surface area contributed by atoms with Crippen LogP contribution in [-0.4, -0.2) is 5.78 Å². The molecule has 0 aromatic rings. The molecule has 0 saturated heterocycles. The van der Waals surface area contributed by atoms with E-state index >= 15 is 0 Å². The maximum Gasteiger partial charge on any atom is 0.159 e. The molecule has 0 aromatic heterocycles. The molecular weight excluding hydrogens is 136 g/mol. The van der Waals surface area contributed by atoms with Crippen molar-refractivity contribution in [3.05, 3.63) is 11.1 Å². The van der Waals surface area contributed by atoms with Gasteiger partial charge < -0.3 is 0 Å². The highest BCUT2D eigenvalue weighted by molar-refractivity contribution is 5.99. The summed E-state index contributed by atoms with van der Waals surface area (Å²) in [6, 6.07) is 0. The van der Waals surface area contributed by atoms with E-state index in [2.05, 4.69) is 6.92 Å². The molecule has 0 bridgehead atoms. The number of allylic oxidation sites excluding steroid dienone is 2. The molecule has 0 fully saturated rings. The Labute approximate surface area is 67.5 Å². The van der Waals surface area contributed by atoms with Crippen LogP contribution in [0.2, 0.25) is 0 Å². The molecule has 0 saturated carbocycles. The number of ketones is 1. The van der Waals surface area contributed by atoms with Gasteiger partial charge in [0.25, 0.3) is 0 Å².